The van der Waals surface area contributed by atoms with Crippen LogP contribution in [-0.4, -0.2) is 49.6 Å². The van der Waals surface area contributed by atoms with Gasteiger partial charge in [-0.25, -0.2) is 0 Å². The maximum Gasteiger partial charge on any atom is 0.191 e. The fourth-order valence-corrected chi connectivity index (χ4v) is 2.24. The molecule has 1 aliphatic heterocycles. The van der Waals surface area contributed by atoms with E-state index >= 15 is 0 Å². The van der Waals surface area contributed by atoms with Gasteiger partial charge >= 0.3 is 0 Å². The summed E-state index contributed by atoms with van der Waals surface area (Å²) in [6, 6.07) is 0.437. The fraction of sp³-hybridized carbons (Fsp3) is 0.929. The van der Waals surface area contributed by atoms with E-state index in [1.165, 1.54) is 45.3 Å². The van der Waals surface area contributed by atoms with Crippen molar-refractivity contribution in [3.63, 3.8) is 0 Å². The first-order chi connectivity index (χ1) is 8.72. The zero-order chi connectivity index (χ0) is 13.2. The highest BCUT2D eigenvalue weighted by molar-refractivity contribution is 5.79. The fourth-order valence-electron chi connectivity index (χ4n) is 2.24. The molecule has 0 aliphatic carbocycles. The second-order valence-electron chi connectivity index (χ2n) is 5.32. The summed E-state index contributed by atoms with van der Waals surface area (Å²) in [4.78, 5) is 7.16. The number of nitrogens with one attached hydrogen (secondary N) is 2. The molecule has 0 amide bonds. The molecule has 0 saturated carbocycles. The molecule has 18 heavy (non-hydrogen) atoms. The zero-order valence-electron chi connectivity index (χ0n) is 12.3. The molecule has 106 valence electrons. The summed E-state index contributed by atoms with van der Waals surface area (Å²) in [5, 5.41) is 6.62. The molecule has 4 heteroatoms. The summed E-state index contributed by atoms with van der Waals surface area (Å²) >= 11 is 0. The highest BCUT2D eigenvalue weighted by Gasteiger charge is 2.09. The van der Waals surface area contributed by atoms with Crippen LogP contribution in [0, 0.1) is 0 Å². The van der Waals surface area contributed by atoms with Crippen LogP contribution in [0.4, 0.5) is 0 Å². The van der Waals surface area contributed by atoms with Gasteiger partial charge in [0.1, 0.15) is 0 Å². The predicted molar refractivity (Wildman–Crippen MR) is 79.2 cm³/mol. The van der Waals surface area contributed by atoms with Gasteiger partial charge in [-0.2, -0.15) is 0 Å². The molecule has 0 aromatic heterocycles. The lowest BCUT2D eigenvalue weighted by molar-refractivity contribution is 0.331. The molecule has 0 aromatic rings. The van der Waals surface area contributed by atoms with Crippen molar-refractivity contribution in [2.45, 2.75) is 52.5 Å². The molecule has 1 heterocycles. The summed E-state index contributed by atoms with van der Waals surface area (Å²) in [7, 11) is 0. The molecule has 0 bridgehead atoms. The smallest absolute Gasteiger partial charge is 0.191 e. The van der Waals surface area contributed by atoms with Gasteiger partial charge in [0, 0.05) is 19.1 Å². The first-order valence-corrected chi connectivity index (χ1v) is 7.49. The molecule has 1 rings (SSSR count). The monoisotopic (exact) mass is 254 g/mol. The Kier molecular flexibility index (Phi) is 7.81. The van der Waals surface area contributed by atoms with Crippen molar-refractivity contribution in [2.75, 3.05) is 32.7 Å². The van der Waals surface area contributed by atoms with Crippen LogP contribution in [-0.2, 0) is 0 Å². The molecule has 1 saturated heterocycles. The Hall–Kier alpha value is -0.770. The Morgan fingerprint density at radius 3 is 2.56 bits per heavy atom. The predicted octanol–water partition coefficient (Wildman–Crippen LogP) is 1.83. The zero-order valence-corrected chi connectivity index (χ0v) is 12.3. The van der Waals surface area contributed by atoms with Crippen molar-refractivity contribution >= 4 is 5.96 Å². The van der Waals surface area contributed by atoms with Crippen molar-refractivity contribution in [1.29, 1.82) is 0 Å². The molecule has 2 N–H and O–H groups in total. The van der Waals surface area contributed by atoms with Crippen LogP contribution in [0.2, 0.25) is 0 Å². The van der Waals surface area contributed by atoms with Gasteiger partial charge in [-0.1, -0.05) is 0 Å². The highest BCUT2D eigenvalue weighted by Crippen LogP contribution is 2.08. The lowest BCUT2D eigenvalue weighted by Crippen LogP contribution is -2.41. The second-order valence-corrected chi connectivity index (χ2v) is 5.32. The number of hydrogen-bond acceptors (Lipinski definition) is 2. The van der Waals surface area contributed by atoms with Gasteiger partial charge in [-0.3, -0.25) is 4.99 Å². The number of unbranched alkanes of at least 4 members (excludes halogenated alkanes) is 1. The van der Waals surface area contributed by atoms with Crippen LogP contribution in [0.3, 0.4) is 0 Å². The number of aliphatic imine (C=N–C) groups is 1. The third-order valence-corrected chi connectivity index (χ3v) is 3.12. The van der Waals surface area contributed by atoms with E-state index in [4.69, 9.17) is 0 Å². The van der Waals surface area contributed by atoms with Crippen molar-refractivity contribution < 1.29 is 0 Å². The Labute approximate surface area is 112 Å². The number of guanidine groups is 1. The van der Waals surface area contributed by atoms with Crippen molar-refractivity contribution in [1.82, 2.24) is 15.5 Å². The lowest BCUT2D eigenvalue weighted by atomic mass is 10.3. The molecule has 4 nitrogen and oxygen atoms in total. The number of likely N-dealkylation sites (tertiary alicyclic amines) is 1. The van der Waals surface area contributed by atoms with E-state index in [0.717, 1.165) is 19.0 Å². The quantitative estimate of drug-likeness (QED) is 0.414. The summed E-state index contributed by atoms with van der Waals surface area (Å²) in [6.45, 7) is 12.1. The van der Waals surface area contributed by atoms with Crippen LogP contribution < -0.4 is 10.6 Å². The molecular weight excluding hydrogens is 224 g/mol. The van der Waals surface area contributed by atoms with Gasteiger partial charge in [0.25, 0.3) is 0 Å². The number of hydrogen-bond donors (Lipinski definition) is 2. The van der Waals surface area contributed by atoms with Gasteiger partial charge < -0.3 is 15.5 Å². The summed E-state index contributed by atoms with van der Waals surface area (Å²) in [5.41, 5.74) is 0. The summed E-state index contributed by atoms with van der Waals surface area (Å²) in [6.07, 6.45) is 5.23. The van der Waals surface area contributed by atoms with E-state index in [2.05, 4.69) is 41.3 Å². The molecular formula is C14H30N4. The van der Waals surface area contributed by atoms with Gasteiger partial charge in [0.15, 0.2) is 5.96 Å². The average Bonchev–Trinajstić information content (AvgIpc) is 2.81. The van der Waals surface area contributed by atoms with E-state index in [0.29, 0.717) is 6.04 Å². The second kappa shape index (κ2) is 9.20. The van der Waals surface area contributed by atoms with E-state index in [-0.39, 0.29) is 0 Å². The van der Waals surface area contributed by atoms with Gasteiger partial charge in [-0.15, -0.1) is 0 Å². The summed E-state index contributed by atoms with van der Waals surface area (Å²) in [5.74, 6) is 0.952. The topological polar surface area (TPSA) is 39.7 Å². The molecule has 0 spiro atoms. The SMILES string of the molecule is CCNC(=NCCCCN1CCCC1)NC(C)C. The minimum Gasteiger partial charge on any atom is -0.357 e. The molecule has 0 atom stereocenters. The van der Waals surface area contributed by atoms with E-state index in [9.17, 15) is 0 Å². The maximum absolute atomic E-state index is 4.59. The highest BCUT2D eigenvalue weighted by atomic mass is 15.2. The van der Waals surface area contributed by atoms with E-state index in [1.807, 2.05) is 0 Å². The summed E-state index contributed by atoms with van der Waals surface area (Å²) < 4.78 is 0. The van der Waals surface area contributed by atoms with Crippen LogP contribution in [0.15, 0.2) is 4.99 Å². The molecule has 1 aliphatic rings. The minimum atomic E-state index is 0.437. The van der Waals surface area contributed by atoms with Crippen molar-refractivity contribution in [3.05, 3.63) is 0 Å². The van der Waals surface area contributed by atoms with Crippen LogP contribution >= 0.6 is 0 Å². The molecule has 1 fully saturated rings. The Balaban J connectivity index is 2.11. The van der Waals surface area contributed by atoms with Gasteiger partial charge in [0.2, 0.25) is 0 Å². The lowest BCUT2D eigenvalue weighted by Gasteiger charge is -2.15. The van der Waals surface area contributed by atoms with Gasteiger partial charge in [0.05, 0.1) is 0 Å². The molecule has 0 unspecified atom stereocenters. The van der Waals surface area contributed by atoms with E-state index in [1.54, 1.807) is 0 Å². The Bertz CT molecular complexity index is 232. The normalized spacial score (nSPS) is 17.4. The van der Waals surface area contributed by atoms with Crippen LogP contribution in [0.25, 0.3) is 0 Å². The largest absolute Gasteiger partial charge is 0.357 e. The van der Waals surface area contributed by atoms with Crippen molar-refractivity contribution in [2.24, 2.45) is 4.99 Å². The van der Waals surface area contributed by atoms with E-state index < -0.39 is 0 Å². The third kappa shape index (κ3) is 6.84. The Morgan fingerprint density at radius 2 is 1.94 bits per heavy atom. The first kappa shape index (κ1) is 15.3. The molecule has 0 aromatic carbocycles. The Morgan fingerprint density at radius 1 is 1.22 bits per heavy atom. The minimum absolute atomic E-state index is 0.437. The first-order valence-electron chi connectivity index (χ1n) is 7.49. The maximum atomic E-state index is 4.59. The van der Waals surface area contributed by atoms with Crippen LogP contribution in [0.5, 0.6) is 0 Å². The molecule has 0 radical (unpaired) electrons. The standard InChI is InChI=1S/C14H30N4/c1-4-15-14(17-13(2)3)16-9-5-6-10-18-11-7-8-12-18/h13H,4-12H2,1-3H3,(H2,15,16,17). The average molecular weight is 254 g/mol. The van der Waals surface area contributed by atoms with Gasteiger partial charge in [-0.05, 0) is 66.1 Å². The van der Waals surface area contributed by atoms with Crippen LogP contribution in [0.1, 0.15) is 46.5 Å². The third-order valence-electron chi connectivity index (χ3n) is 3.12. The number of rotatable bonds is 7. The number of nitrogens with zero attached hydrogens (tertiary/aromatic N) is 2. The van der Waals surface area contributed by atoms with Crippen molar-refractivity contribution in [3.8, 4) is 0 Å².